The summed E-state index contributed by atoms with van der Waals surface area (Å²) in [6.45, 7) is 11.2. The van der Waals surface area contributed by atoms with E-state index >= 15 is 0 Å². The number of benzene rings is 1. The van der Waals surface area contributed by atoms with Gasteiger partial charge in [-0.05, 0) is 29.7 Å². The number of morpholine rings is 1. The smallest absolute Gasteiger partial charge is 0.0594 e. The zero-order valence-electron chi connectivity index (χ0n) is 12.5. The van der Waals surface area contributed by atoms with E-state index in [9.17, 15) is 0 Å². The van der Waals surface area contributed by atoms with E-state index in [1.165, 1.54) is 15.6 Å². The molecule has 0 bridgehead atoms. The maximum absolute atomic E-state index is 5.39. The van der Waals surface area contributed by atoms with Gasteiger partial charge in [0.1, 0.15) is 0 Å². The van der Waals surface area contributed by atoms with Gasteiger partial charge in [-0.25, -0.2) is 0 Å². The van der Waals surface area contributed by atoms with Crippen molar-refractivity contribution in [2.75, 3.05) is 32.8 Å². The second kappa shape index (κ2) is 8.13. The van der Waals surface area contributed by atoms with Crippen LogP contribution in [0, 0.1) is 5.92 Å². The first-order valence-corrected chi connectivity index (χ1v) is 8.22. The molecule has 0 radical (unpaired) electrons. The van der Waals surface area contributed by atoms with Crippen molar-refractivity contribution in [1.82, 2.24) is 10.2 Å². The number of rotatable bonds is 6. The zero-order valence-corrected chi connectivity index (χ0v) is 14.1. The Balaban J connectivity index is 1.88. The lowest BCUT2D eigenvalue weighted by Crippen LogP contribution is -2.35. The van der Waals surface area contributed by atoms with Gasteiger partial charge in [0, 0.05) is 30.7 Å². The molecule has 1 N–H and O–H groups in total. The number of halogens is 1. The quantitative estimate of drug-likeness (QED) is 0.861. The maximum atomic E-state index is 5.39. The van der Waals surface area contributed by atoms with Crippen LogP contribution in [0.5, 0.6) is 0 Å². The lowest BCUT2D eigenvalue weighted by molar-refractivity contribution is 0.0341. The number of nitrogens with one attached hydrogen (secondary N) is 1. The fraction of sp³-hybridized carbons (Fsp3) is 0.625. The van der Waals surface area contributed by atoms with E-state index in [0.29, 0.717) is 5.92 Å². The van der Waals surface area contributed by atoms with Crippen LogP contribution in [0.4, 0.5) is 0 Å². The first-order chi connectivity index (χ1) is 9.65. The average Bonchev–Trinajstić information content (AvgIpc) is 2.42. The zero-order chi connectivity index (χ0) is 14.4. The summed E-state index contributed by atoms with van der Waals surface area (Å²) in [6.07, 6.45) is 0. The third kappa shape index (κ3) is 5.17. The maximum Gasteiger partial charge on any atom is 0.0594 e. The highest BCUT2D eigenvalue weighted by Crippen LogP contribution is 2.21. The Hall–Kier alpha value is -0.420. The Bertz CT molecular complexity index is 417. The molecule has 2 rings (SSSR count). The van der Waals surface area contributed by atoms with Gasteiger partial charge >= 0.3 is 0 Å². The SMILES string of the molecule is CC(C)CNCc1ccc(CN2CCOCC2)c(Br)c1. The minimum Gasteiger partial charge on any atom is -0.379 e. The lowest BCUT2D eigenvalue weighted by Gasteiger charge is -2.27. The molecule has 1 fully saturated rings. The molecule has 1 aliphatic rings. The van der Waals surface area contributed by atoms with Crippen molar-refractivity contribution in [3.63, 3.8) is 0 Å². The standard InChI is InChI=1S/C16H25BrN2O/c1-13(2)10-18-11-14-3-4-15(16(17)9-14)12-19-5-7-20-8-6-19/h3-4,9,13,18H,5-8,10-12H2,1-2H3. The van der Waals surface area contributed by atoms with E-state index in [1.54, 1.807) is 0 Å². The van der Waals surface area contributed by atoms with E-state index in [-0.39, 0.29) is 0 Å². The molecule has 0 amide bonds. The Morgan fingerprint density at radius 1 is 1.30 bits per heavy atom. The topological polar surface area (TPSA) is 24.5 Å². The highest BCUT2D eigenvalue weighted by atomic mass is 79.9. The van der Waals surface area contributed by atoms with Gasteiger partial charge in [-0.15, -0.1) is 0 Å². The molecule has 1 aromatic carbocycles. The molecule has 0 aromatic heterocycles. The van der Waals surface area contributed by atoms with Crippen molar-refractivity contribution in [2.45, 2.75) is 26.9 Å². The molecule has 20 heavy (non-hydrogen) atoms. The average molecular weight is 341 g/mol. The van der Waals surface area contributed by atoms with Gasteiger partial charge in [-0.3, -0.25) is 4.90 Å². The highest BCUT2D eigenvalue weighted by molar-refractivity contribution is 9.10. The molecule has 1 heterocycles. The molecule has 1 saturated heterocycles. The molecule has 112 valence electrons. The van der Waals surface area contributed by atoms with Crippen molar-refractivity contribution < 1.29 is 4.74 Å². The van der Waals surface area contributed by atoms with Crippen LogP contribution >= 0.6 is 15.9 Å². The minimum atomic E-state index is 0.694. The summed E-state index contributed by atoms with van der Waals surface area (Å²) in [6, 6.07) is 6.71. The van der Waals surface area contributed by atoms with Gasteiger partial charge < -0.3 is 10.1 Å². The molecule has 3 nitrogen and oxygen atoms in total. The van der Waals surface area contributed by atoms with Gasteiger partial charge in [0.25, 0.3) is 0 Å². The summed E-state index contributed by atoms with van der Waals surface area (Å²) >= 11 is 3.71. The molecular weight excluding hydrogens is 316 g/mol. The second-order valence-electron chi connectivity index (χ2n) is 5.84. The first kappa shape index (κ1) is 16.0. The van der Waals surface area contributed by atoms with Gasteiger partial charge in [0.15, 0.2) is 0 Å². The Morgan fingerprint density at radius 3 is 2.70 bits per heavy atom. The van der Waals surface area contributed by atoms with E-state index in [4.69, 9.17) is 4.74 Å². The summed E-state index contributed by atoms with van der Waals surface area (Å²) in [5.74, 6) is 0.694. The molecule has 1 aromatic rings. The second-order valence-corrected chi connectivity index (χ2v) is 6.69. The first-order valence-electron chi connectivity index (χ1n) is 7.43. The normalized spacial score (nSPS) is 16.8. The predicted octanol–water partition coefficient (Wildman–Crippen LogP) is 3.03. The summed E-state index contributed by atoms with van der Waals surface area (Å²) in [5.41, 5.74) is 2.70. The summed E-state index contributed by atoms with van der Waals surface area (Å²) in [4.78, 5) is 2.44. The third-order valence-corrected chi connectivity index (χ3v) is 4.24. The van der Waals surface area contributed by atoms with Gasteiger partial charge in [-0.2, -0.15) is 0 Å². The molecule has 4 heteroatoms. The fourth-order valence-electron chi connectivity index (χ4n) is 2.33. The highest BCUT2D eigenvalue weighted by Gasteiger charge is 2.12. The van der Waals surface area contributed by atoms with Crippen LogP contribution in [0.3, 0.4) is 0 Å². The van der Waals surface area contributed by atoms with Crippen LogP contribution in [0.25, 0.3) is 0 Å². The Labute approximate surface area is 130 Å². The van der Waals surface area contributed by atoms with Crippen LogP contribution in [-0.4, -0.2) is 37.7 Å². The van der Waals surface area contributed by atoms with E-state index in [2.05, 4.69) is 58.2 Å². The van der Waals surface area contributed by atoms with Crippen LogP contribution in [0.2, 0.25) is 0 Å². The van der Waals surface area contributed by atoms with E-state index in [0.717, 1.165) is 45.9 Å². The minimum absolute atomic E-state index is 0.694. The van der Waals surface area contributed by atoms with E-state index in [1.807, 2.05) is 0 Å². The molecule has 0 aliphatic carbocycles. The Morgan fingerprint density at radius 2 is 2.05 bits per heavy atom. The predicted molar refractivity (Wildman–Crippen MR) is 86.8 cm³/mol. The van der Waals surface area contributed by atoms with Gasteiger partial charge in [0.2, 0.25) is 0 Å². The van der Waals surface area contributed by atoms with Crippen LogP contribution < -0.4 is 5.32 Å². The van der Waals surface area contributed by atoms with Crippen molar-refractivity contribution in [3.8, 4) is 0 Å². The van der Waals surface area contributed by atoms with Crippen LogP contribution in [-0.2, 0) is 17.8 Å². The van der Waals surface area contributed by atoms with Crippen molar-refractivity contribution in [3.05, 3.63) is 33.8 Å². The molecule has 0 atom stereocenters. The number of hydrogen-bond acceptors (Lipinski definition) is 3. The van der Waals surface area contributed by atoms with Gasteiger partial charge in [-0.1, -0.05) is 41.9 Å². The number of ether oxygens (including phenoxy) is 1. The monoisotopic (exact) mass is 340 g/mol. The Kier molecular flexibility index (Phi) is 6.49. The van der Waals surface area contributed by atoms with Crippen molar-refractivity contribution >= 4 is 15.9 Å². The summed E-state index contributed by atoms with van der Waals surface area (Å²) in [5, 5.41) is 3.48. The molecule has 0 saturated carbocycles. The molecule has 1 aliphatic heterocycles. The van der Waals surface area contributed by atoms with Gasteiger partial charge in [0.05, 0.1) is 13.2 Å². The van der Waals surface area contributed by atoms with Crippen molar-refractivity contribution in [1.29, 1.82) is 0 Å². The van der Waals surface area contributed by atoms with E-state index < -0.39 is 0 Å². The number of hydrogen-bond donors (Lipinski definition) is 1. The van der Waals surface area contributed by atoms with Crippen LogP contribution in [0.1, 0.15) is 25.0 Å². The summed E-state index contributed by atoms with van der Waals surface area (Å²) < 4.78 is 6.60. The van der Waals surface area contributed by atoms with Crippen molar-refractivity contribution in [2.24, 2.45) is 5.92 Å². The molecule has 0 unspecified atom stereocenters. The fourth-order valence-corrected chi connectivity index (χ4v) is 2.89. The molecular formula is C16H25BrN2O. The summed E-state index contributed by atoms with van der Waals surface area (Å²) in [7, 11) is 0. The lowest BCUT2D eigenvalue weighted by atomic mass is 10.1. The van der Waals surface area contributed by atoms with Crippen LogP contribution in [0.15, 0.2) is 22.7 Å². The molecule has 0 spiro atoms. The third-order valence-electron chi connectivity index (χ3n) is 3.50. The largest absolute Gasteiger partial charge is 0.379 e. The number of nitrogens with zero attached hydrogens (tertiary/aromatic N) is 1.